The van der Waals surface area contributed by atoms with Gasteiger partial charge in [0.1, 0.15) is 12.4 Å². The van der Waals surface area contributed by atoms with E-state index in [1.807, 2.05) is 30.3 Å². The number of hydrazone groups is 1. The minimum Gasteiger partial charge on any atom is -0.488 e. The minimum atomic E-state index is -0.253. The lowest BCUT2D eigenvalue weighted by Crippen LogP contribution is -2.40. The molecule has 5 aliphatic rings. The second kappa shape index (κ2) is 7.46. The molecule has 0 spiro atoms. The molecular weight excluding hydrogens is 447 g/mol. The van der Waals surface area contributed by atoms with Gasteiger partial charge in [-0.3, -0.25) is 9.59 Å². The number of ether oxygens (including phenoxy) is 1. The van der Waals surface area contributed by atoms with Gasteiger partial charge in [-0.1, -0.05) is 53.6 Å². The highest BCUT2D eigenvalue weighted by atomic mass is 35.5. The topological polar surface area (TPSA) is 59.0 Å². The maximum absolute atomic E-state index is 13.1. The lowest BCUT2D eigenvalue weighted by Gasteiger charge is -2.37. The number of halogens is 2. The maximum Gasteiger partial charge on any atom is 0.254 e. The van der Waals surface area contributed by atoms with Gasteiger partial charge in [-0.15, -0.1) is 0 Å². The zero-order valence-corrected chi connectivity index (χ0v) is 18.5. The van der Waals surface area contributed by atoms with E-state index in [2.05, 4.69) is 17.3 Å². The van der Waals surface area contributed by atoms with Crippen molar-refractivity contribution in [2.24, 2.45) is 40.6 Å². The number of carbonyl (C=O) groups is 2. The van der Waals surface area contributed by atoms with E-state index >= 15 is 0 Å². The molecule has 2 aromatic carbocycles. The summed E-state index contributed by atoms with van der Waals surface area (Å²) in [5.41, 5.74) is 1.48. The Morgan fingerprint density at radius 2 is 1.69 bits per heavy atom. The normalized spacial score (nSPS) is 31.9. The third kappa shape index (κ3) is 3.10. The van der Waals surface area contributed by atoms with Crippen LogP contribution in [-0.2, 0) is 16.2 Å². The van der Waals surface area contributed by atoms with Crippen molar-refractivity contribution in [1.29, 1.82) is 0 Å². The van der Waals surface area contributed by atoms with Crippen LogP contribution in [0.3, 0.4) is 0 Å². The number of hydrogen-bond donors (Lipinski definition) is 0. The van der Waals surface area contributed by atoms with Crippen molar-refractivity contribution in [3.05, 3.63) is 75.8 Å². The van der Waals surface area contributed by atoms with E-state index in [4.69, 9.17) is 27.9 Å². The van der Waals surface area contributed by atoms with Crippen LogP contribution in [0.1, 0.15) is 17.5 Å². The van der Waals surface area contributed by atoms with Gasteiger partial charge in [0.05, 0.1) is 18.1 Å². The number of carbonyl (C=O) groups excluding carboxylic acids is 2. The summed E-state index contributed by atoms with van der Waals surface area (Å²) in [6, 6.07) is 12.6. The number of hydrogen-bond acceptors (Lipinski definition) is 4. The standard InChI is InChI=1S/C25H20Cl2N2O3/c26-15-6-5-14(20(27)9-15)12-32-21-4-2-1-3-13(21)11-28-29-24(30)22-16-7-8-17(19-10-18(16)19)23(22)25(29)31/h1-9,11,16-19,22-23H,10,12H2/b28-11-/t16-,17-,18-,19-,22+,23+/m0/s1. The van der Waals surface area contributed by atoms with Gasteiger partial charge in [0.15, 0.2) is 0 Å². The molecule has 1 heterocycles. The first kappa shape index (κ1) is 20.0. The quantitative estimate of drug-likeness (QED) is 0.355. The molecule has 0 N–H and O–H groups in total. The predicted molar refractivity (Wildman–Crippen MR) is 121 cm³/mol. The average molecular weight is 467 g/mol. The van der Waals surface area contributed by atoms with Crippen LogP contribution in [-0.4, -0.2) is 23.0 Å². The summed E-state index contributed by atoms with van der Waals surface area (Å²) in [6.07, 6.45) is 6.98. The Kier molecular flexibility index (Phi) is 4.67. The van der Waals surface area contributed by atoms with Gasteiger partial charge in [0.25, 0.3) is 11.8 Å². The molecule has 162 valence electrons. The highest BCUT2D eigenvalue weighted by Gasteiger charge is 2.67. The molecular formula is C25H20Cl2N2O3. The smallest absolute Gasteiger partial charge is 0.254 e. The molecule has 2 saturated carbocycles. The highest BCUT2D eigenvalue weighted by molar-refractivity contribution is 6.35. The van der Waals surface area contributed by atoms with Gasteiger partial charge in [-0.05, 0) is 54.4 Å². The third-order valence-electron chi connectivity index (χ3n) is 7.27. The Labute approximate surface area is 195 Å². The molecule has 32 heavy (non-hydrogen) atoms. The lowest BCUT2D eigenvalue weighted by molar-refractivity contribution is -0.140. The van der Waals surface area contributed by atoms with E-state index in [0.717, 1.165) is 17.0 Å². The number of imide groups is 1. The number of para-hydroxylation sites is 1. The van der Waals surface area contributed by atoms with E-state index in [9.17, 15) is 9.59 Å². The Morgan fingerprint density at radius 3 is 2.38 bits per heavy atom. The van der Waals surface area contributed by atoms with Crippen LogP contribution in [0.2, 0.25) is 10.0 Å². The highest BCUT2D eigenvalue weighted by Crippen LogP contribution is 2.65. The molecule has 2 amide bonds. The fraction of sp³-hybridized carbons (Fsp3) is 0.320. The molecule has 0 unspecified atom stereocenters. The summed E-state index contributed by atoms with van der Waals surface area (Å²) >= 11 is 12.2. The summed E-state index contributed by atoms with van der Waals surface area (Å²) < 4.78 is 5.95. The zero-order chi connectivity index (χ0) is 22.0. The van der Waals surface area contributed by atoms with Crippen LogP contribution < -0.4 is 4.74 Å². The van der Waals surface area contributed by atoms with Crippen molar-refractivity contribution in [1.82, 2.24) is 5.01 Å². The first-order valence-corrected chi connectivity index (χ1v) is 11.5. The van der Waals surface area contributed by atoms with Crippen molar-refractivity contribution >= 4 is 41.2 Å². The van der Waals surface area contributed by atoms with Crippen LogP contribution in [0.5, 0.6) is 5.75 Å². The Hall–Kier alpha value is -2.63. The molecule has 0 aromatic heterocycles. The Balaban J connectivity index is 1.21. The van der Waals surface area contributed by atoms with E-state index in [1.54, 1.807) is 12.1 Å². The molecule has 1 aliphatic heterocycles. The van der Waals surface area contributed by atoms with Crippen molar-refractivity contribution in [3.63, 3.8) is 0 Å². The van der Waals surface area contributed by atoms with Crippen LogP contribution in [0.4, 0.5) is 0 Å². The van der Waals surface area contributed by atoms with Crippen LogP contribution in [0, 0.1) is 35.5 Å². The summed E-state index contributed by atoms with van der Waals surface area (Å²) in [7, 11) is 0. The van der Waals surface area contributed by atoms with E-state index < -0.39 is 0 Å². The van der Waals surface area contributed by atoms with Gasteiger partial charge < -0.3 is 4.74 Å². The second-order valence-corrected chi connectivity index (χ2v) is 9.79. The second-order valence-electron chi connectivity index (χ2n) is 8.95. The molecule has 2 aromatic rings. The maximum atomic E-state index is 13.1. The zero-order valence-electron chi connectivity index (χ0n) is 17.0. The predicted octanol–water partition coefficient (Wildman–Crippen LogP) is 4.96. The molecule has 5 nitrogen and oxygen atoms in total. The number of allylic oxidation sites excluding steroid dienone is 2. The molecule has 3 fully saturated rings. The number of benzene rings is 2. The molecule has 6 atom stereocenters. The summed E-state index contributed by atoms with van der Waals surface area (Å²) in [5, 5.41) is 6.49. The number of nitrogens with zero attached hydrogens (tertiary/aromatic N) is 2. The van der Waals surface area contributed by atoms with Crippen LogP contribution >= 0.6 is 23.2 Å². The molecule has 7 heteroatoms. The van der Waals surface area contributed by atoms with Gasteiger partial charge >= 0.3 is 0 Å². The average Bonchev–Trinajstić information content (AvgIpc) is 3.57. The van der Waals surface area contributed by atoms with Crippen molar-refractivity contribution in [2.75, 3.05) is 0 Å². The summed E-state index contributed by atoms with van der Waals surface area (Å²) in [4.78, 5) is 26.2. The largest absolute Gasteiger partial charge is 0.488 e. The van der Waals surface area contributed by atoms with Crippen molar-refractivity contribution in [2.45, 2.75) is 13.0 Å². The molecule has 0 radical (unpaired) electrons. The van der Waals surface area contributed by atoms with Gasteiger partial charge in [0.2, 0.25) is 0 Å². The van der Waals surface area contributed by atoms with Crippen LogP contribution in [0.25, 0.3) is 0 Å². The fourth-order valence-corrected chi connectivity index (χ4v) is 6.15. The van der Waals surface area contributed by atoms with Crippen LogP contribution in [0.15, 0.2) is 59.7 Å². The molecule has 1 saturated heterocycles. The van der Waals surface area contributed by atoms with Crippen molar-refractivity contribution < 1.29 is 14.3 Å². The number of rotatable bonds is 5. The molecule has 7 rings (SSSR count). The van der Waals surface area contributed by atoms with E-state index in [-0.39, 0.29) is 42.1 Å². The first-order valence-electron chi connectivity index (χ1n) is 10.8. The van der Waals surface area contributed by atoms with Gasteiger partial charge in [-0.25, -0.2) is 0 Å². The Bertz CT molecular complexity index is 1160. The van der Waals surface area contributed by atoms with E-state index in [0.29, 0.717) is 33.2 Å². The minimum absolute atomic E-state index is 0.174. The number of amides is 2. The lowest BCUT2D eigenvalue weighted by atomic mass is 9.63. The SMILES string of the molecule is O=C1[C@@H]2[C@H]3C=C[C@@H]([C@@H]4C[C@@H]34)[C@H]2C(=O)N1/N=C\c1ccccc1OCc1ccc(Cl)cc1Cl. The molecule has 4 aliphatic carbocycles. The monoisotopic (exact) mass is 466 g/mol. The van der Waals surface area contributed by atoms with Gasteiger partial charge in [-0.2, -0.15) is 10.1 Å². The fourth-order valence-electron chi connectivity index (χ4n) is 5.69. The summed E-state index contributed by atoms with van der Waals surface area (Å²) in [6.45, 7) is 0.254. The third-order valence-corrected chi connectivity index (χ3v) is 7.86. The van der Waals surface area contributed by atoms with E-state index in [1.165, 1.54) is 6.21 Å². The summed E-state index contributed by atoms with van der Waals surface area (Å²) in [5.74, 6) is 1.24. The first-order chi connectivity index (χ1) is 15.5. The van der Waals surface area contributed by atoms with Gasteiger partial charge in [0, 0.05) is 21.2 Å². The van der Waals surface area contributed by atoms with Crippen molar-refractivity contribution in [3.8, 4) is 5.75 Å². The Morgan fingerprint density at radius 1 is 1.00 bits per heavy atom. The molecule has 2 bridgehead atoms.